The van der Waals surface area contributed by atoms with E-state index < -0.39 is 5.60 Å². The van der Waals surface area contributed by atoms with Crippen molar-refractivity contribution < 1.29 is 9.78 Å². The fourth-order valence-corrected chi connectivity index (χ4v) is 2.82. The number of hydrogen-bond donors (Lipinski definition) is 0. The minimum Gasteiger partial charge on any atom is -0.228 e. The highest BCUT2D eigenvalue weighted by Gasteiger charge is 2.54. The molecular formula is C19H26O2. The van der Waals surface area contributed by atoms with Gasteiger partial charge in [-0.05, 0) is 61.1 Å². The predicted molar refractivity (Wildman–Crippen MR) is 88.6 cm³/mol. The molecule has 0 aliphatic carbocycles. The summed E-state index contributed by atoms with van der Waals surface area (Å²) in [5.74, 6) is 0. The van der Waals surface area contributed by atoms with Crippen LogP contribution in [0.15, 0.2) is 31.4 Å². The number of hydrogen-bond acceptors (Lipinski definition) is 2. The van der Waals surface area contributed by atoms with Gasteiger partial charge < -0.3 is 0 Å². The molecule has 0 spiro atoms. The first-order valence-corrected chi connectivity index (χ1v) is 7.37. The van der Waals surface area contributed by atoms with E-state index in [0.717, 1.165) is 27.8 Å². The summed E-state index contributed by atoms with van der Waals surface area (Å²) in [7, 11) is 0. The Morgan fingerprint density at radius 1 is 1.05 bits per heavy atom. The number of rotatable bonds is 3. The molecule has 0 radical (unpaired) electrons. The van der Waals surface area contributed by atoms with Crippen molar-refractivity contribution in [3.8, 4) is 0 Å². The molecule has 1 saturated heterocycles. The lowest BCUT2D eigenvalue weighted by Gasteiger charge is -2.50. The van der Waals surface area contributed by atoms with Crippen molar-refractivity contribution in [3.05, 3.63) is 48.0 Å². The molecule has 1 fully saturated rings. The van der Waals surface area contributed by atoms with Crippen molar-refractivity contribution in [1.29, 1.82) is 0 Å². The number of allylic oxidation sites excluding steroid dienone is 2. The Bertz CT molecular complexity index is 560. The second-order valence-corrected chi connectivity index (χ2v) is 7.39. The van der Waals surface area contributed by atoms with Crippen LogP contribution in [0.1, 0.15) is 58.2 Å². The third-order valence-electron chi connectivity index (χ3n) is 4.10. The Labute approximate surface area is 128 Å². The normalized spacial score (nSPS) is 25.3. The van der Waals surface area contributed by atoms with E-state index in [1.807, 2.05) is 13.8 Å². The second-order valence-electron chi connectivity index (χ2n) is 7.39. The van der Waals surface area contributed by atoms with Gasteiger partial charge in [-0.2, -0.15) is 0 Å². The van der Waals surface area contributed by atoms with Crippen LogP contribution in [0.4, 0.5) is 0 Å². The van der Waals surface area contributed by atoms with Crippen LogP contribution in [0, 0.1) is 5.41 Å². The summed E-state index contributed by atoms with van der Waals surface area (Å²) in [5, 5.41) is 0. The molecule has 2 nitrogen and oxygen atoms in total. The second kappa shape index (κ2) is 5.11. The molecule has 0 amide bonds. The summed E-state index contributed by atoms with van der Waals surface area (Å²) in [6.45, 7) is 20.7. The standard InChI is InChI=1S/C19H26O2/c1-12(2)14-9-15(13(3)4)11-16(10-14)19(8)17(20-21-19)18(5,6)7/h9-11,17H,1,3H2,2,4-8H3. The summed E-state index contributed by atoms with van der Waals surface area (Å²) in [5.41, 5.74) is 5.01. The van der Waals surface area contributed by atoms with E-state index in [1.54, 1.807) is 0 Å². The first-order chi connectivity index (χ1) is 9.55. The Kier molecular flexibility index (Phi) is 3.90. The van der Waals surface area contributed by atoms with Crippen molar-refractivity contribution in [3.63, 3.8) is 0 Å². The van der Waals surface area contributed by atoms with E-state index >= 15 is 0 Å². The largest absolute Gasteiger partial charge is 0.228 e. The van der Waals surface area contributed by atoms with Crippen LogP contribution in [-0.2, 0) is 15.4 Å². The molecule has 1 heterocycles. The molecule has 0 N–H and O–H groups in total. The SMILES string of the molecule is C=C(C)c1cc(C(=C)C)cc(C2(C)OOC2C(C)(C)C)c1. The van der Waals surface area contributed by atoms with E-state index in [2.05, 4.69) is 59.1 Å². The fraction of sp³-hybridized carbons (Fsp3) is 0.474. The maximum Gasteiger partial charge on any atom is 0.155 e. The smallest absolute Gasteiger partial charge is 0.155 e. The van der Waals surface area contributed by atoms with E-state index in [-0.39, 0.29) is 11.5 Å². The molecule has 1 aromatic rings. The van der Waals surface area contributed by atoms with Gasteiger partial charge in [0.15, 0.2) is 5.60 Å². The topological polar surface area (TPSA) is 18.5 Å². The van der Waals surface area contributed by atoms with Crippen LogP contribution in [0.25, 0.3) is 11.1 Å². The molecule has 0 saturated carbocycles. The highest BCUT2D eigenvalue weighted by molar-refractivity contribution is 5.70. The summed E-state index contributed by atoms with van der Waals surface area (Å²) >= 11 is 0. The van der Waals surface area contributed by atoms with Gasteiger partial charge in [0.2, 0.25) is 0 Å². The van der Waals surface area contributed by atoms with Crippen molar-refractivity contribution in [2.24, 2.45) is 5.41 Å². The molecule has 1 aromatic carbocycles. The average Bonchev–Trinajstić information content (AvgIpc) is 2.33. The van der Waals surface area contributed by atoms with E-state index in [4.69, 9.17) is 9.78 Å². The Morgan fingerprint density at radius 3 is 1.81 bits per heavy atom. The van der Waals surface area contributed by atoms with E-state index in [1.165, 1.54) is 0 Å². The van der Waals surface area contributed by atoms with Crippen LogP contribution in [0.2, 0.25) is 0 Å². The zero-order valence-corrected chi connectivity index (χ0v) is 14.0. The molecule has 114 valence electrons. The molecule has 2 heteroatoms. The molecule has 21 heavy (non-hydrogen) atoms. The predicted octanol–water partition coefficient (Wildman–Crippen LogP) is 5.34. The minimum absolute atomic E-state index is 0.00954. The third-order valence-corrected chi connectivity index (χ3v) is 4.10. The van der Waals surface area contributed by atoms with Gasteiger partial charge in [0.05, 0.1) is 0 Å². The maximum atomic E-state index is 5.55. The molecule has 1 aliphatic rings. The Morgan fingerprint density at radius 2 is 1.52 bits per heavy atom. The number of benzene rings is 1. The van der Waals surface area contributed by atoms with Gasteiger partial charge in [0.1, 0.15) is 6.10 Å². The Hall–Kier alpha value is -1.38. The van der Waals surface area contributed by atoms with Gasteiger partial charge >= 0.3 is 0 Å². The van der Waals surface area contributed by atoms with Crippen LogP contribution >= 0.6 is 0 Å². The quantitative estimate of drug-likeness (QED) is 0.698. The summed E-state index contributed by atoms with van der Waals surface area (Å²) < 4.78 is 0. The highest BCUT2D eigenvalue weighted by atomic mass is 17.3. The monoisotopic (exact) mass is 286 g/mol. The lowest BCUT2D eigenvalue weighted by atomic mass is 9.74. The summed E-state index contributed by atoms with van der Waals surface area (Å²) in [6, 6.07) is 6.43. The molecule has 1 aliphatic heterocycles. The van der Waals surface area contributed by atoms with Crippen LogP contribution < -0.4 is 0 Å². The highest BCUT2D eigenvalue weighted by Crippen LogP contribution is 2.48. The average molecular weight is 286 g/mol. The molecule has 0 aromatic heterocycles. The minimum atomic E-state index is -0.437. The molecular weight excluding hydrogens is 260 g/mol. The summed E-state index contributed by atoms with van der Waals surface area (Å²) in [6.07, 6.45) is 0.0170. The zero-order valence-electron chi connectivity index (χ0n) is 14.0. The van der Waals surface area contributed by atoms with Gasteiger partial charge in [0, 0.05) is 0 Å². The van der Waals surface area contributed by atoms with Gasteiger partial charge in [-0.15, -0.1) is 0 Å². The van der Waals surface area contributed by atoms with Gasteiger partial charge in [-0.1, -0.05) is 45.1 Å². The first kappa shape index (κ1) is 16.0. The molecule has 2 unspecified atom stereocenters. The molecule has 2 rings (SSSR count). The van der Waals surface area contributed by atoms with Crippen molar-refractivity contribution in [2.45, 2.75) is 53.2 Å². The van der Waals surface area contributed by atoms with Crippen molar-refractivity contribution in [1.82, 2.24) is 0 Å². The van der Waals surface area contributed by atoms with Gasteiger partial charge in [-0.25, -0.2) is 9.78 Å². The van der Waals surface area contributed by atoms with Crippen molar-refractivity contribution in [2.75, 3.05) is 0 Å². The van der Waals surface area contributed by atoms with Crippen LogP contribution in [-0.4, -0.2) is 6.10 Å². The fourth-order valence-electron chi connectivity index (χ4n) is 2.82. The third kappa shape index (κ3) is 2.83. The van der Waals surface area contributed by atoms with Crippen molar-refractivity contribution >= 4 is 11.1 Å². The van der Waals surface area contributed by atoms with Crippen LogP contribution in [0.3, 0.4) is 0 Å². The summed E-state index contributed by atoms with van der Waals surface area (Å²) in [4.78, 5) is 11.0. The first-order valence-electron chi connectivity index (χ1n) is 7.37. The molecule has 0 bridgehead atoms. The lowest BCUT2D eigenvalue weighted by molar-refractivity contribution is -0.529. The zero-order chi connectivity index (χ0) is 16.0. The molecule has 2 atom stereocenters. The van der Waals surface area contributed by atoms with E-state index in [0.29, 0.717) is 0 Å². The Balaban J connectivity index is 2.53. The maximum absolute atomic E-state index is 5.55. The van der Waals surface area contributed by atoms with E-state index in [9.17, 15) is 0 Å². The van der Waals surface area contributed by atoms with Gasteiger partial charge in [0.25, 0.3) is 0 Å². The lowest BCUT2D eigenvalue weighted by Crippen LogP contribution is -2.57. The van der Waals surface area contributed by atoms with Gasteiger partial charge in [-0.3, -0.25) is 0 Å². The van der Waals surface area contributed by atoms with Crippen LogP contribution in [0.5, 0.6) is 0 Å².